The molecule has 3 heterocycles. The van der Waals surface area contributed by atoms with Gasteiger partial charge < -0.3 is 14.6 Å². The Bertz CT molecular complexity index is 1210. The molecule has 1 aliphatic heterocycles. The molecule has 0 unspecified atom stereocenters. The van der Waals surface area contributed by atoms with Crippen LogP contribution < -0.4 is 4.74 Å². The van der Waals surface area contributed by atoms with Crippen LogP contribution in [0, 0.1) is 6.92 Å². The number of ether oxygens (including phenoxy) is 1. The minimum absolute atomic E-state index is 0.0969. The average Bonchev–Trinajstić information content (AvgIpc) is 3.48. The van der Waals surface area contributed by atoms with Gasteiger partial charge in [0.25, 0.3) is 5.91 Å². The molecule has 0 saturated heterocycles. The van der Waals surface area contributed by atoms with Crippen LogP contribution >= 0.6 is 0 Å². The number of nitrogens with zero attached hydrogens (tertiary/aromatic N) is 3. The summed E-state index contributed by atoms with van der Waals surface area (Å²) in [6.07, 6.45) is 2.42. The molecule has 5 rings (SSSR count). The highest BCUT2D eigenvalue weighted by Crippen LogP contribution is 2.35. The van der Waals surface area contributed by atoms with E-state index < -0.39 is 0 Å². The van der Waals surface area contributed by atoms with Crippen molar-refractivity contribution in [2.45, 2.75) is 19.4 Å². The standard InChI is InChI=1S/C24H23N5O2/c1-15-3-5-16(6-4-15)20-13-21(28-27-20)24(30)29-12-11-19-22(26-14-25-19)23(29)17-7-9-18(31-2)10-8-17/h3-10,13-14,23H,11-12H2,1-2H3,(H,25,26)(H,27,28)/t23-/m1/s1. The average molecular weight is 413 g/mol. The molecule has 7 heteroatoms. The fourth-order valence-electron chi connectivity index (χ4n) is 4.08. The van der Waals surface area contributed by atoms with Gasteiger partial charge in [-0.15, -0.1) is 0 Å². The fourth-order valence-corrected chi connectivity index (χ4v) is 4.08. The van der Waals surface area contributed by atoms with E-state index in [-0.39, 0.29) is 11.9 Å². The molecule has 156 valence electrons. The number of carbonyl (C=O) groups excluding carboxylic acids is 1. The van der Waals surface area contributed by atoms with E-state index >= 15 is 0 Å². The number of amides is 1. The van der Waals surface area contributed by atoms with Crippen molar-refractivity contribution in [1.82, 2.24) is 25.1 Å². The Morgan fingerprint density at radius 1 is 1.13 bits per heavy atom. The van der Waals surface area contributed by atoms with E-state index in [1.165, 1.54) is 5.56 Å². The second-order valence-corrected chi connectivity index (χ2v) is 7.72. The summed E-state index contributed by atoms with van der Waals surface area (Å²) in [4.78, 5) is 23.1. The Kier molecular flexibility index (Phi) is 4.78. The summed E-state index contributed by atoms with van der Waals surface area (Å²) in [5, 5.41) is 7.31. The first kappa shape index (κ1) is 19.1. The number of imidazole rings is 1. The number of carbonyl (C=O) groups is 1. The normalized spacial score (nSPS) is 15.5. The van der Waals surface area contributed by atoms with Crippen LogP contribution in [0.4, 0.5) is 0 Å². The third kappa shape index (κ3) is 3.48. The van der Waals surface area contributed by atoms with Crippen molar-refractivity contribution < 1.29 is 9.53 Å². The number of aromatic amines is 2. The lowest BCUT2D eigenvalue weighted by Crippen LogP contribution is -2.41. The SMILES string of the molecule is COc1ccc([C@@H]2c3nc[nH]c3CCN2C(=O)c2cc(-c3ccc(C)cc3)n[nH]2)cc1. The van der Waals surface area contributed by atoms with E-state index in [2.05, 4.69) is 20.2 Å². The summed E-state index contributed by atoms with van der Waals surface area (Å²) in [5.74, 6) is 0.677. The van der Waals surface area contributed by atoms with Gasteiger partial charge in [0.15, 0.2) is 0 Å². The summed E-state index contributed by atoms with van der Waals surface area (Å²) in [7, 11) is 1.64. The Morgan fingerprint density at radius 2 is 1.90 bits per heavy atom. The molecule has 1 aliphatic rings. The molecule has 1 atom stereocenters. The van der Waals surface area contributed by atoms with E-state index in [4.69, 9.17) is 4.74 Å². The van der Waals surface area contributed by atoms with Gasteiger partial charge in [0, 0.05) is 24.2 Å². The van der Waals surface area contributed by atoms with Gasteiger partial charge >= 0.3 is 0 Å². The first-order valence-electron chi connectivity index (χ1n) is 10.2. The lowest BCUT2D eigenvalue weighted by molar-refractivity contribution is 0.0684. The van der Waals surface area contributed by atoms with Gasteiger partial charge in [-0.25, -0.2) is 4.98 Å². The zero-order chi connectivity index (χ0) is 21.4. The van der Waals surface area contributed by atoms with Crippen molar-refractivity contribution in [3.05, 3.63) is 89.1 Å². The van der Waals surface area contributed by atoms with Crippen molar-refractivity contribution in [2.75, 3.05) is 13.7 Å². The molecule has 0 saturated carbocycles. The van der Waals surface area contributed by atoms with Gasteiger partial charge in [0.05, 0.1) is 24.8 Å². The molecule has 2 aromatic carbocycles. The smallest absolute Gasteiger partial charge is 0.272 e. The molecular formula is C24H23N5O2. The second-order valence-electron chi connectivity index (χ2n) is 7.72. The number of methoxy groups -OCH3 is 1. The summed E-state index contributed by atoms with van der Waals surface area (Å²) in [5.41, 5.74) is 6.30. The Balaban J connectivity index is 1.49. The van der Waals surface area contributed by atoms with Gasteiger partial charge in [-0.2, -0.15) is 5.10 Å². The van der Waals surface area contributed by atoms with Gasteiger partial charge in [0.1, 0.15) is 17.5 Å². The van der Waals surface area contributed by atoms with E-state index in [9.17, 15) is 4.79 Å². The molecule has 2 aromatic heterocycles. The fraction of sp³-hybridized carbons (Fsp3) is 0.208. The molecule has 0 bridgehead atoms. The number of rotatable bonds is 4. The molecule has 2 N–H and O–H groups in total. The van der Waals surface area contributed by atoms with Crippen LogP contribution in [-0.4, -0.2) is 44.6 Å². The van der Waals surface area contributed by atoms with Crippen molar-refractivity contribution in [3.63, 3.8) is 0 Å². The van der Waals surface area contributed by atoms with Gasteiger partial charge in [-0.1, -0.05) is 42.0 Å². The van der Waals surface area contributed by atoms with E-state index in [0.29, 0.717) is 12.2 Å². The number of aryl methyl sites for hydroxylation is 1. The predicted octanol–water partition coefficient (Wildman–Crippen LogP) is 3.90. The number of nitrogens with one attached hydrogen (secondary N) is 2. The van der Waals surface area contributed by atoms with Crippen LogP contribution in [-0.2, 0) is 6.42 Å². The van der Waals surface area contributed by atoms with Gasteiger partial charge in [-0.05, 0) is 30.7 Å². The molecule has 7 nitrogen and oxygen atoms in total. The maximum atomic E-state index is 13.5. The second kappa shape index (κ2) is 7.75. The largest absolute Gasteiger partial charge is 0.497 e. The van der Waals surface area contributed by atoms with Crippen LogP contribution in [0.5, 0.6) is 5.75 Å². The molecule has 31 heavy (non-hydrogen) atoms. The molecule has 0 radical (unpaired) electrons. The predicted molar refractivity (Wildman–Crippen MR) is 117 cm³/mol. The molecule has 4 aromatic rings. The third-order valence-electron chi connectivity index (χ3n) is 5.77. The number of aromatic nitrogens is 4. The van der Waals surface area contributed by atoms with E-state index in [0.717, 1.165) is 40.4 Å². The molecule has 1 amide bonds. The number of fused-ring (bicyclic) bond motifs is 1. The molecular weight excluding hydrogens is 390 g/mol. The van der Waals surface area contributed by atoms with Crippen molar-refractivity contribution in [3.8, 4) is 17.0 Å². The third-order valence-corrected chi connectivity index (χ3v) is 5.77. The summed E-state index contributed by atoms with van der Waals surface area (Å²) in [6, 6.07) is 17.4. The monoisotopic (exact) mass is 413 g/mol. The Hall–Kier alpha value is -3.87. The molecule has 0 aliphatic carbocycles. The number of H-pyrrole nitrogens is 2. The zero-order valence-electron chi connectivity index (χ0n) is 17.4. The zero-order valence-corrected chi connectivity index (χ0v) is 17.4. The minimum Gasteiger partial charge on any atom is -0.497 e. The summed E-state index contributed by atoms with van der Waals surface area (Å²) in [6.45, 7) is 2.63. The van der Waals surface area contributed by atoms with Crippen LogP contribution in [0.3, 0.4) is 0 Å². The van der Waals surface area contributed by atoms with Crippen molar-refractivity contribution >= 4 is 5.91 Å². The number of hydrogen-bond donors (Lipinski definition) is 2. The maximum absolute atomic E-state index is 13.5. The maximum Gasteiger partial charge on any atom is 0.272 e. The van der Waals surface area contributed by atoms with E-state index in [1.807, 2.05) is 66.4 Å². The Labute approximate surface area is 180 Å². The van der Waals surface area contributed by atoms with Crippen LogP contribution in [0.2, 0.25) is 0 Å². The number of benzene rings is 2. The molecule has 0 spiro atoms. The van der Waals surface area contributed by atoms with Crippen LogP contribution in [0.1, 0.15) is 39.0 Å². The van der Waals surface area contributed by atoms with Gasteiger partial charge in [0.2, 0.25) is 0 Å². The minimum atomic E-state index is -0.278. The highest BCUT2D eigenvalue weighted by atomic mass is 16.5. The lowest BCUT2D eigenvalue weighted by atomic mass is 9.95. The highest BCUT2D eigenvalue weighted by molar-refractivity contribution is 5.94. The lowest BCUT2D eigenvalue weighted by Gasteiger charge is -2.35. The number of hydrogen-bond acceptors (Lipinski definition) is 4. The first-order chi connectivity index (χ1) is 15.1. The Morgan fingerprint density at radius 3 is 2.65 bits per heavy atom. The van der Waals surface area contributed by atoms with Gasteiger partial charge in [-0.3, -0.25) is 9.89 Å². The quantitative estimate of drug-likeness (QED) is 0.531. The van der Waals surface area contributed by atoms with Crippen molar-refractivity contribution in [2.24, 2.45) is 0 Å². The first-order valence-corrected chi connectivity index (χ1v) is 10.2. The van der Waals surface area contributed by atoms with Crippen molar-refractivity contribution in [1.29, 1.82) is 0 Å². The molecule has 0 fully saturated rings. The van der Waals surface area contributed by atoms with E-state index in [1.54, 1.807) is 13.4 Å². The summed E-state index contributed by atoms with van der Waals surface area (Å²) >= 11 is 0. The summed E-state index contributed by atoms with van der Waals surface area (Å²) < 4.78 is 5.29. The van der Waals surface area contributed by atoms with Crippen LogP contribution in [0.25, 0.3) is 11.3 Å². The topological polar surface area (TPSA) is 86.9 Å². The van der Waals surface area contributed by atoms with Crippen LogP contribution in [0.15, 0.2) is 60.9 Å². The highest BCUT2D eigenvalue weighted by Gasteiger charge is 2.35.